The molecule has 4 aromatic carbocycles. The average molecular weight is 598 g/mol. The molecule has 0 aliphatic rings. The van der Waals surface area contributed by atoms with Crippen molar-refractivity contribution in [2.75, 3.05) is 6.61 Å². The van der Waals surface area contributed by atoms with Crippen LogP contribution in [0.5, 0.6) is 17.2 Å². The molecule has 0 spiro atoms. The predicted molar refractivity (Wildman–Crippen MR) is 152 cm³/mol. The summed E-state index contributed by atoms with van der Waals surface area (Å²) >= 11 is 18.0. The molecule has 0 saturated heterocycles. The van der Waals surface area contributed by atoms with Gasteiger partial charge in [-0.25, -0.2) is 15.0 Å². The number of benzene rings is 4. The first-order valence-electron chi connectivity index (χ1n) is 11.6. The van der Waals surface area contributed by atoms with Crippen LogP contribution in [0.1, 0.15) is 26.3 Å². The van der Waals surface area contributed by atoms with E-state index in [2.05, 4.69) is 10.5 Å². The number of nitrogens with zero attached hydrogens (tertiary/aromatic N) is 1. The zero-order chi connectivity index (χ0) is 28.5. The molecule has 0 saturated carbocycles. The molecule has 0 aromatic heterocycles. The van der Waals surface area contributed by atoms with E-state index in [0.717, 1.165) is 0 Å². The molecule has 0 atom stereocenters. The van der Waals surface area contributed by atoms with Gasteiger partial charge in [-0.1, -0.05) is 71.2 Å². The van der Waals surface area contributed by atoms with Crippen LogP contribution in [0, 0.1) is 0 Å². The van der Waals surface area contributed by atoms with Crippen LogP contribution in [0.3, 0.4) is 0 Å². The van der Waals surface area contributed by atoms with Gasteiger partial charge < -0.3 is 14.2 Å². The van der Waals surface area contributed by atoms with Gasteiger partial charge in [-0.05, 0) is 60.2 Å². The largest absolute Gasteiger partial charge is 0.481 e. The van der Waals surface area contributed by atoms with Crippen molar-refractivity contribution in [3.63, 3.8) is 0 Å². The van der Waals surface area contributed by atoms with E-state index >= 15 is 0 Å². The summed E-state index contributed by atoms with van der Waals surface area (Å²) in [6.45, 7) is -0.424. The first-order chi connectivity index (χ1) is 19.3. The normalized spacial score (nSPS) is 10.7. The van der Waals surface area contributed by atoms with E-state index in [0.29, 0.717) is 21.7 Å². The van der Waals surface area contributed by atoms with Crippen molar-refractivity contribution >= 4 is 58.9 Å². The Bertz CT molecular complexity index is 1540. The highest BCUT2D eigenvalue weighted by Gasteiger charge is 2.17. The molecule has 0 radical (unpaired) electrons. The number of hydrogen-bond donors (Lipinski definition) is 1. The number of hydrogen-bond acceptors (Lipinski definition) is 7. The van der Waals surface area contributed by atoms with Crippen molar-refractivity contribution in [3.8, 4) is 17.2 Å². The first-order valence-corrected chi connectivity index (χ1v) is 12.7. The lowest BCUT2D eigenvalue weighted by Crippen LogP contribution is -2.24. The minimum atomic E-state index is -0.656. The number of amides is 1. The quantitative estimate of drug-likeness (QED) is 0.101. The lowest BCUT2D eigenvalue weighted by atomic mass is 10.2. The second kappa shape index (κ2) is 13.6. The van der Waals surface area contributed by atoms with Crippen molar-refractivity contribution in [2.24, 2.45) is 5.10 Å². The number of ether oxygens (including phenoxy) is 3. The van der Waals surface area contributed by atoms with Crippen LogP contribution in [0.2, 0.25) is 15.1 Å². The van der Waals surface area contributed by atoms with E-state index in [1.54, 1.807) is 66.7 Å². The van der Waals surface area contributed by atoms with Crippen LogP contribution < -0.4 is 19.6 Å². The standard InChI is InChI=1S/C29H19Cl3N2O6/c30-21-14-22(31)27(23(32)15-21)38-17-26(35)34-33-16-18-11-12-24(39-28(36)19-7-3-1-4-8-19)25(13-18)40-29(37)20-9-5-2-6-10-20/h1-16H,17H2,(H,34,35)/b33-16-. The van der Waals surface area contributed by atoms with Crippen molar-refractivity contribution < 1.29 is 28.6 Å². The molecule has 202 valence electrons. The summed E-state index contributed by atoms with van der Waals surface area (Å²) in [7, 11) is 0. The fourth-order valence-electron chi connectivity index (χ4n) is 3.25. The van der Waals surface area contributed by atoms with Gasteiger partial charge in [0.25, 0.3) is 5.91 Å². The van der Waals surface area contributed by atoms with E-state index < -0.39 is 24.5 Å². The minimum Gasteiger partial charge on any atom is -0.481 e. The van der Waals surface area contributed by atoms with Crippen molar-refractivity contribution in [2.45, 2.75) is 0 Å². The maximum Gasteiger partial charge on any atom is 0.343 e. The molecule has 0 fully saturated rings. The van der Waals surface area contributed by atoms with Gasteiger partial charge in [0.1, 0.15) is 0 Å². The molecule has 40 heavy (non-hydrogen) atoms. The molecule has 1 N–H and O–H groups in total. The van der Waals surface area contributed by atoms with E-state index in [1.807, 2.05) is 0 Å². The van der Waals surface area contributed by atoms with E-state index in [1.165, 1.54) is 30.5 Å². The van der Waals surface area contributed by atoms with E-state index in [-0.39, 0.29) is 27.3 Å². The molecule has 4 aromatic rings. The first kappa shape index (κ1) is 28.6. The Morgan fingerprint density at radius 3 is 1.85 bits per heavy atom. The Morgan fingerprint density at radius 2 is 1.27 bits per heavy atom. The van der Waals surface area contributed by atoms with Gasteiger partial charge in [0.2, 0.25) is 0 Å². The summed E-state index contributed by atoms with van der Waals surface area (Å²) in [6, 6.07) is 24.0. The van der Waals surface area contributed by atoms with Gasteiger partial charge in [-0.2, -0.15) is 5.10 Å². The highest BCUT2D eigenvalue weighted by atomic mass is 35.5. The lowest BCUT2D eigenvalue weighted by molar-refractivity contribution is -0.123. The molecular formula is C29H19Cl3N2O6. The summed E-state index contributed by atoms with van der Waals surface area (Å²) in [6.07, 6.45) is 1.31. The maximum atomic E-state index is 12.7. The predicted octanol–water partition coefficient (Wildman–Crippen LogP) is 6.61. The second-order valence-corrected chi connectivity index (χ2v) is 9.25. The number of halogens is 3. The summed E-state index contributed by atoms with van der Waals surface area (Å²) in [4.78, 5) is 37.5. The fraction of sp³-hybridized carbons (Fsp3) is 0.0345. The molecule has 1 amide bonds. The number of esters is 2. The zero-order valence-electron chi connectivity index (χ0n) is 20.5. The Kier molecular flexibility index (Phi) is 9.75. The minimum absolute atomic E-state index is 0.0180. The lowest BCUT2D eigenvalue weighted by Gasteiger charge is -2.12. The van der Waals surface area contributed by atoms with Crippen LogP contribution in [0.25, 0.3) is 0 Å². The topological polar surface area (TPSA) is 103 Å². The third kappa shape index (κ3) is 7.83. The molecule has 4 rings (SSSR count). The average Bonchev–Trinajstić information content (AvgIpc) is 2.94. The summed E-state index contributed by atoms with van der Waals surface area (Å²) < 4.78 is 16.4. The van der Waals surface area contributed by atoms with Crippen molar-refractivity contribution in [1.82, 2.24) is 5.43 Å². The van der Waals surface area contributed by atoms with Crippen LogP contribution in [0.15, 0.2) is 96.1 Å². The van der Waals surface area contributed by atoms with Gasteiger partial charge in [-0.3, -0.25) is 4.79 Å². The van der Waals surface area contributed by atoms with E-state index in [4.69, 9.17) is 49.0 Å². The number of nitrogens with one attached hydrogen (secondary N) is 1. The molecule has 11 heteroatoms. The molecule has 0 bridgehead atoms. The highest BCUT2D eigenvalue weighted by Crippen LogP contribution is 2.35. The van der Waals surface area contributed by atoms with Gasteiger partial charge in [0.15, 0.2) is 23.9 Å². The summed E-state index contributed by atoms with van der Waals surface area (Å²) in [5.41, 5.74) is 3.36. The van der Waals surface area contributed by atoms with Gasteiger partial charge in [0.05, 0.1) is 27.4 Å². The highest BCUT2D eigenvalue weighted by molar-refractivity contribution is 6.40. The molecule has 0 aliphatic heterocycles. The Labute approximate surface area is 244 Å². The molecular weight excluding hydrogens is 579 g/mol. The SMILES string of the molecule is O=C(COc1c(Cl)cc(Cl)cc1Cl)N/N=C\c1ccc(OC(=O)c2ccccc2)c(OC(=O)c2ccccc2)c1. The van der Waals surface area contributed by atoms with Gasteiger partial charge >= 0.3 is 11.9 Å². The van der Waals surface area contributed by atoms with Crippen LogP contribution in [-0.2, 0) is 4.79 Å². The van der Waals surface area contributed by atoms with Gasteiger partial charge in [0, 0.05) is 5.02 Å². The van der Waals surface area contributed by atoms with E-state index in [9.17, 15) is 14.4 Å². The number of hydrazone groups is 1. The molecule has 0 heterocycles. The number of rotatable bonds is 9. The summed E-state index contributed by atoms with van der Waals surface area (Å²) in [5, 5.41) is 4.52. The third-order valence-corrected chi connectivity index (χ3v) is 5.89. The van der Waals surface area contributed by atoms with Crippen LogP contribution >= 0.6 is 34.8 Å². The molecule has 8 nitrogen and oxygen atoms in total. The number of carbonyl (C=O) groups excluding carboxylic acids is 3. The second-order valence-electron chi connectivity index (χ2n) is 8.00. The van der Waals surface area contributed by atoms with Crippen LogP contribution in [0.4, 0.5) is 0 Å². The fourth-order valence-corrected chi connectivity index (χ4v) is 4.18. The van der Waals surface area contributed by atoms with Gasteiger partial charge in [-0.15, -0.1) is 0 Å². The third-order valence-electron chi connectivity index (χ3n) is 5.11. The van der Waals surface area contributed by atoms with Crippen LogP contribution in [-0.4, -0.2) is 30.7 Å². The monoisotopic (exact) mass is 596 g/mol. The Hall–Kier alpha value is -4.37. The zero-order valence-corrected chi connectivity index (χ0v) is 22.7. The Balaban J connectivity index is 1.46. The molecule has 0 aliphatic carbocycles. The summed E-state index contributed by atoms with van der Waals surface area (Å²) in [5.74, 6) is -1.78. The maximum absolute atomic E-state index is 12.7. The smallest absolute Gasteiger partial charge is 0.343 e. The molecule has 0 unspecified atom stereocenters. The van der Waals surface area contributed by atoms with Crippen molar-refractivity contribution in [1.29, 1.82) is 0 Å². The Morgan fingerprint density at radius 1 is 0.725 bits per heavy atom. The van der Waals surface area contributed by atoms with Crippen molar-refractivity contribution in [3.05, 3.63) is 123 Å². The number of carbonyl (C=O) groups is 3.